The number of aryl methyl sites for hydroxylation is 1. The van der Waals surface area contributed by atoms with Crippen LogP contribution in [0.1, 0.15) is 5.56 Å². The first-order chi connectivity index (χ1) is 8.17. The van der Waals surface area contributed by atoms with Gasteiger partial charge >= 0.3 is 6.01 Å². The van der Waals surface area contributed by atoms with Gasteiger partial charge in [0.2, 0.25) is 5.28 Å². The Morgan fingerprint density at radius 3 is 2.47 bits per heavy atom. The zero-order valence-corrected chi connectivity index (χ0v) is 10.9. The second kappa shape index (κ2) is 5.33. The number of rotatable bonds is 3. The summed E-state index contributed by atoms with van der Waals surface area (Å²) in [6.07, 6.45) is 0. The van der Waals surface area contributed by atoms with Gasteiger partial charge in [0.05, 0.1) is 7.11 Å². The molecule has 1 aromatic heterocycles. The summed E-state index contributed by atoms with van der Waals surface area (Å²) in [5.41, 5.74) is 1.21. The lowest BCUT2D eigenvalue weighted by molar-refractivity contribution is 0.373. The molecule has 1 heterocycles. The lowest BCUT2D eigenvalue weighted by atomic mass is 10.2. The number of halogens is 1. The maximum absolute atomic E-state index is 5.76. The van der Waals surface area contributed by atoms with Crippen LogP contribution in [0.2, 0.25) is 5.28 Å². The van der Waals surface area contributed by atoms with Crippen LogP contribution in [0, 0.1) is 6.92 Å². The van der Waals surface area contributed by atoms with Crippen molar-refractivity contribution in [2.24, 2.45) is 0 Å². The molecule has 17 heavy (non-hydrogen) atoms. The molecule has 6 heteroatoms. The Bertz CT molecular complexity index is 519. The van der Waals surface area contributed by atoms with Crippen molar-refractivity contribution in [3.05, 3.63) is 35.1 Å². The quantitative estimate of drug-likeness (QED) is 0.856. The molecule has 0 amide bonds. The molecule has 88 valence electrons. The molecule has 0 bridgehead atoms. The summed E-state index contributed by atoms with van der Waals surface area (Å²) < 4.78 is 4.93. The van der Waals surface area contributed by atoms with Crippen LogP contribution in [-0.4, -0.2) is 22.1 Å². The van der Waals surface area contributed by atoms with E-state index in [1.807, 2.05) is 31.2 Å². The first-order valence-corrected chi connectivity index (χ1v) is 6.07. The Labute approximate surface area is 108 Å². The first kappa shape index (κ1) is 12.1. The molecule has 0 saturated heterocycles. The van der Waals surface area contributed by atoms with Gasteiger partial charge in [-0.3, -0.25) is 0 Å². The second-order valence-corrected chi connectivity index (χ2v) is 4.67. The largest absolute Gasteiger partial charge is 0.467 e. The summed E-state index contributed by atoms with van der Waals surface area (Å²) in [5.74, 6) is 0. The summed E-state index contributed by atoms with van der Waals surface area (Å²) in [6.45, 7) is 2.04. The van der Waals surface area contributed by atoms with Crippen molar-refractivity contribution in [2.75, 3.05) is 7.11 Å². The van der Waals surface area contributed by atoms with Crippen molar-refractivity contribution < 1.29 is 4.74 Å². The Morgan fingerprint density at radius 1 is 1.12 bits per heavy atom. The number of hydrogen-bond donors (Lipinski definition) is 0. The van der Waals surface area contributed by atoms with E-state index in [-0.39, 0.29) is 11.3 Å². The Morgan fingerprint density at radius 2 is 1.82 bits per heavy atom. The van der Waals surface area contributed by atoms with Crippen molar-refractivity contribution in [1.82, 2.24) is 15.0 Å². The first-order valence-electron chi connectivity index (χ1n) is 4.87. The van der Waals surface area contributed by atoms with Crippen molar-refractivity contribution in [1.29, 1.82) is 0 Å². The molecule has 0 N–H and O–H groups in total. The molecule has 0 saturated carbocycles. The van der Waals surface area contributed by atoms with E-state index in [1.54, 1.807) is 0 Å². The normalized spacial score (nSPS) is 10.3. The van der Waals surface area contributed by atoms with Crippen LogP contribution in [-0.2, 0) is 0 Å². The molecule has 0 aliphatic rings. The maximum atomic E-state index is 5.76. The fraction of sp³-hybridized carbons (Fsp3) is 0.182. The highest BCUT2D eigenvalue weighted by atomic mass is 35.5. The predicted octanol–water partition coefficient (Wildman–Crippen LogP) is 2.99. The van der Waals surface area contributed by atoms with E-state index in [4.69, 9.17) is 16.3 Å². The standard InChI is InChI=1S/C11H10ClN3OS/c1-7-3-5-8(6-4-7)17-11-14-9(12)13-10(15-11)16-2/h3-6H,1-2H3. The smallest absolute Gasteiger partial charge is 0.321 e. The molecule has 2 rings (SSSR count). The van der Waals surface area contributed by atoms with E-state index in [0.717, 1.165) is 4.90 Å². The van der Waals surface area contributed by atoms with Gasteiger partial charge in [-0.05, 0) is 42.4 Å². The Hall–Kier alpha value is -1.33. The van der Waals surface area contributed by atoms with Crippen molar-refractivity contribution >= 4 is 23.4 Å². The van der Waals surface area contributed by atoms with Gasteiger partial charge in [-0.2, -0.15) is 15.0 Å². The van der Waals surface area contributed by atoms with E-state index in [2.05, 4.69) is 15.0 Å². The SMILES string of the molecule is COc1nc(Cl)nc(Sc2ccc(C)cc2)n1. The number of ether oxygens (including phenoxy) is 1. The lowest BCUT2D eigenvalue weighted by Crippen LogP contribution is -1.96. The fourth-order valence-electron chi connectivity index (χ4n) is 1.16. The molecule has 0 radical (unpaired) electrons. The van der Waals surface area contributed by atoms with Crippen LogP contribution >= 0.6 is 23.4 Å². The zero-order chi connectivity index (χ0) is 12.3. The molecular formula is C11H10ClN3OS. The van der Waals surface area contributed by atoms with Crippen molar-refractivity contribution in [3.63, 3.8) is 0 Å². The molecule has 0 spiro atoms. The molecular weight excluding hydrogens is 258 g/mol. The predicted molar refractivity (Wildman–Crippen MR) is 66.7 cm³/mol. The summed E-state index contributed by atoms with van der Waals surface area (Å²) in [4.78, 5) is 13.0. The highest BCUT2D eigenvalue weighted by Crippen LogP contribution is 2.26. The van der Waals surface area contributed by atoms with Crippen LogP contribution in [0.5, 0.6) is 6.01 Å². The molecule has 0 aliphatic heterocycles. The average molecular weight is 268 g/mol. The molecule has 0 unspecified atom stereocenters. The number of nitrogens with zero attached hydrogens (tertiary/aromatic N) is 3. The summed E-state index contributed by atoms with van der Waals surface area (Å²) >= 11 is 7.18. The third kappa shape index (κ3) is 3.31. The highest BCUT2D eigenvalue weighted by molar-refractivity contribution is 7.99. The van der Waals surface area contributed by atoms with Gasteiger partial charge in [-0.25, -0.2) is 0 Å². The van der Waals surface area contributed by atoms with Gasteiger partial charge in [0.1, 0.15) is 0 Å². The average Bonchev–Trinajstić information content (AvgIpc) is 2.31. The van der Waals surface area contributed by atoms with Gasteiger partial charge in [0.15, 0.2) is 5.16 Å². The van der Waals surface area contributed by atoms with Crippen LogP contribution < -0.4 is 4.74 Å². The van der Waals surface area contributed by atoms with E-state index >= 15 is 0 Å². The Balaban J connectivity index is 2.23. The molecule has 2 aromatic rings. The molecule has 1 aromatic carbocycles. The topological polar surface area (TPSA) is 47.9 Å². The van der Waals surface area contributed by atoms with E-state index in [9.17, 15) is 0 Å². The van der Waals surface area contributed by atoms with E-state index in [1.165, 1.54) is 24.4 Å². The molecule has 0 aliphatic carbocycles. The minimum atomic E-state index is 0.131. The van der Waals surface area contributed by atoms with Crippen LogP contribution in [0.25, 0.3) is 0 Å². The second-order valence-electron chi connectivity index (χ2n) is 3.29. The fourth-order valence-corrected chi connectivity index (χ4v) is 2.10. The van der Waals surface area contributed by atoms with E-state index < -0.39 is 0 Å². The summed E-state index contributed by atoms with van der Waals surface area (Å²) in [6, 6.07) is 8.29. The van der Waals surface area contributed by atoms with E-state index in [0.29, 0.717) is 5.16 Å². The van der Waals surface area contributed by atoms with Gasteiger partial charge in [-0.1, -0.05) is 17.7 Å². The van der Waals surface area contributed by atoms with Gasteiger partial charge < -0.3 is 4.74 Å². The van der Waals surface area contributed by atoms with Gasteiger partial charge in [0, 0.05) is 4.90 Å². The molecule has 0 atom stereocenters. The maximum Gasteiger partial charge on any atom is 0.321 e. The monoisotopic (exact) mass is 267 g/mol. The van der Waals surface area contributed by atoms with Gasteiger partial charge in [-0.15, -0.1) is 0 Å². The molecule has 4 nitrogen and oxygen atoms in total. The zero-order valence-electron chi connectivity index (χ0n) is 9.35. The van der Waals surface area contributed by atoms with Crippen LogP contribution in [0.4, 0.5) is 0 Å². The van der Waals surface area contributed by atoms with Gasteiger partial charge in [0.25, 0.3) is 0 Å². The Kier molecular flexibility index (Phi) is 3.81. The summed E-state index contributed by atoms with van der Waals surface area (Å²) in [7, 11) is 1.49. The highest BCUT2D eigenvalue weighted by Gasteiger charge is 2.06. The number of methoxy groups -OCH3 is 1. The number of aromatic nitrogens is 3. The van der Waals surface area contributed by atoms with Crippen molar-refractivity contribution in [3.8, 4) is 6.01 Å². The van der Waals surface area contributed by atoms with Crippen molar-refractivity contribution in [2.45, 2.75) is 17.0 Å². The minimum Gasteiger partial charge on any atom is -0.467 e. The third-order valence-corrected chi connectivity index (χ3v) is 3.02. The minimum absolute atomic E-state index is 0.131. The molecule has 0 fully saturated rings. The van der Waals surface area contributed by atoms with Crippen LogP contribution in [0.3, 0.4) is 0 Å². The summed E-state index contributed by atoms with van der Waals surface area (Å²) in [5, 5.41) is 0.650. The van der Waals surface area contributed by atoms with Crippen LogP contribution in [0.15, 0.2) is 34.3 Å². The lowest BCUT2D eigenvalue weighted by Gasteiger charge is -2.02. The third-order valence-electron chi connectivity index (χ3n) is 1.98. The number of hydrogen-bond acceptors (Lipinski definition) is 5. The number of benzene rings is 1.